The number of aliphatic imine (C=N–C) groups is 1. The lowest BCUT2D eigenvalue weighted by atomic mass is 9.95. The van der Waals surface area contributed by atoms with Gasteiger partial charge in [-0.1, -0.05) is 6.42 Å². The highest BCUT2D eigenvalue weighted by Crippen LogP contribution is 2.44. The van der Waals surface area contributed by atoms with E-state index in [4.69, 9.17) is 9.41 Å². The molecule has 22 heavy (non-hydrogen) atoms. The maximum atomic E-state index is 5.40. The molecule has 1 aromatic heterocycles. The molecular formula is C18H27N3O. The zero-order valence-electron chi connectivity index (χ0n) is 13.3. The van der Waals surface area contributed by atoms with Crippen molar-refractivity contribution in [3.63, 3.8) is 0 Å². The molecule has 3 aliphatic carbocycles. The van der Waals surface area contributed by atoms with Crippen LogP contribution in [0.2, 0.25) is 0 Å². The van der Waals surface area contributed by atoms with Crippen LogP contribution in [0.5, 0.6) is 0 Å². The maximum Gasteiger partial charge on any atom is 0.191 e. The van der Waals surface area contributed by atoms with E-state index in [1.165, 1.54) is 38.5 Å². The second-order valence-electron chi connectivity index (χ2n) is 7.31. The third-order valence-electron chi connectivity index (χ3n) is 5.51. The molecule has 1 aromatic rings. The van der Waals surface area contributed by atoms with Gasteiger partial charge < -0.3 is 15.1 Å². The van der Waals surface area contributed by atoms with E-state index >= 15 is 0 Å². The molecule has 0 saturated heterocycles. The average Bonchev–Trinajstić information content (AvgIpc) is 2.93. The highest BCUT2D eigenvalue weighted by atomic mass is 16.3. The predicted octanol–water partition coefficient (Wildman–Crippen LogP) is 2.96. The normalized spacial score (nSPS) is 30.7. The van der Waals surface area contributed by atoms with Gasteiger partial charge in [0.15, 0.2) is 5.96 Å². The topological polar surface area (TPSA) is 49.6 Å². The lowest BCUT2D eigenvalue weighted by Gasteiger charge is -2.25. The summed E-state index contributed by atoms with van der Waals surface area (Å²) in [5.74, 6) is 4.74. The summed E-state index contributed by atoms with van der Waals surface area (Å²) in [6.45, 7) is 1.86. The van der Waals surface area contributed by atoms with E-state index in [0.29, 0.717) is 6.04 Å². The molecule has 0 aliphatic heterocycles. The van der Waals surface area contributed by atoms with Crippen molar-refractivity contribution in [2.45, 2.75) is 51.0 Å². The van der Waals surface area contributed by atoms with Crippen LogP contribution in [0, 0.1) is 17.8 Å². The summed E-state index contributed by atoms with van der Waals surface area (Å²) in [4.78, 5) is 4.82. The Balaban J connectivity index is 1.30. The van der Waals surface area contributed by atoms with Crippen molar-refractivity contribution in [1.29, 1.82) is 0 Å². The Morgan fingerprint density at radius 2 is 2.18 bits per heavy atom. The van der Waals surface area contributed by atoms with E-state index < -0.39 is 0 Å². The Morgan fingerprint density at radius 1 is 1.23 bits per heavy atom. The fraction of sp³-hybridized carbons (Fsp3) is 0.722. The van der Waals surface area contributed by atoms with Crippen LogP contribution in [0.15, 0.2) is 27.8 Å². The SMILES string of the molecule is c1coc(CCNC(=NCC2CC2)NC2CC3CCC2C3)c1. The quantitative estimate of drug-likeness (QED) is 0.627. The van der Waals surface area contributed by atoms with E-state index in [1.807, 2.05) is 12.1 Å². The molecule has 3 saturated carbocycles. The molecule has 3 aliphatic rings. The van der Waals surface area contributed by atoms with Gasteiger partial charge in [-0.2, -0.15) is 0 Å². The van der Waals surface area contributed by atoms with Crippen molar-refractivity contribution < 1.29 is 4.42 Å². The van der Waals surface area contributed by atoms with Crippen molar-refractivity contribution in [2.24, 2.45) is 22.7 Å². The second kappa shape index (κ2) is 6.35. The molecule has 2 N–H and O–H groups in total. The summed E-state index contributed by atoms with van der Waals surface area (Å²) in [6, 6.07) is 4.63. The van der Waals surface area contributed by atoms with Crippen LogP contribution >= 0.6 is 0 Å². The molecule has 0 spiro atoms. The van der Waals surface area contributed by atoms with Gasteiger partial charge in [-0.05, 0) is 62.0 Å². The van der Waals surface area contributed by atoms with Crippen LogP contribution in [0.25, 0.3) is 0 Å². The van der Waals surface area contributed by atoms with E-state index in [9.17, 15) is 0 Å². The van der Waals surface area contributed by atoms with Gasteiger partial charge in [-0.3, -0.25) is 4.99 Å². The number of guanidine groups is 1. The van der Waals surface area contributed by atoms with Gasteiger partial charge in [0.05, 0.1) is 6.26 Å². The van der Waals surface area contributed by atoms with Gasteiger partial charge >= 0.3 is 0 Å². The number of hydrogen-bond acceptors (Lipinski definition) is 2. The number of furan rings is 1. The number of fused-ring (bicyclic) bond motifs is 2. The molecule has 3 unspecified atom stereocenters. The Labute approximate surface area is 132 Å². The van der Waals surface area contributed by atoms with Crippen molar-refractivity contribution in [1.82, 2.24) is 10.6 Å². The first-order chi connectivity index (χ1) is 10.9. The second-order valence-corrected chi connectivity index (χ2v) is 7.31. The van der Waals surface area contributed by atoms with Crippen LogP contribution in [-0.4, -0.2) is 25.1 Å². The van der Waals surface area contributed by atoms with E-state index in [2.05, 4.69) is 10.6 Å². The molecule has 3 atom stereocenters. The fourth-order valence-electron chi connectivity index (χ4n) is 4.03. The summed E-state index contributed by atoms with van der Waals surface area (Å²) in [5, 5.41) is 7.23. The number of hydrogen-bond donors (Lipinski definition) is 2. The molecule has 0 amide bonds. The van der Waals surface area contributed by atoms with Crippen molar-refractivity contribution in [2.75, 3.05) is 13.1 Å². The highest BCUT2D eigenvalue weighted by molar-refractivity contribution is 5.80. The zero-order valence-corrected chi connectivity index (χ0v) is 13.3. The third kappa shape index (κ3) is 3.47. The lowest BCUT2D eigenvalue weighted by molar-refractivity contribution is 0.387. The number of rotatable bonds is 6. The van der Waals surface area contributed by atoms with Crippen LogP contribution in [0.1, 0.15) is 44.3 Å². The lowest BCUT2D eigenvalue weighted by Crippen LogP contribution is -2.46. The predicted molar refractivity (Wildman–Crippen MR) is 87.8 cm³/mol. The Kier molecular flexibility index (Phi) is 4.09. The molecule has 0 radical (unpaired) electrons. The third-order valence-corrected chi connectivity index (χ3v) is 5.51. The summed E-state index contributed by atoms with van der Waals surface area (Å²) in [7, 11) is 0. The smallest absolute Gasteiger partial charge is 0.191 e. The van der Waals surface area contributed by atoms with Crippen LogP contribution < -0.4 is 10.6 Å². The zero-order chi connectivity index (χ0) is 14.8. The molecule has 1 heterocycles. The van der Waals surface area contributed by atoms with E-state index in [-0.39, 0.29) is 0 Å². The molecule has 4 heteroatoms. The summed E-state index contributed by atoms with van der Waals surface area (Å²) < 4.78 is 5.40. The first-order valence-corrected chi connectivity index (χ1v) is 8.94. The highest BCUT2D eigenvalue weighted by Gasteiger charge is 2.39. The standard InChI is InChI=1S/C18H27N3O/c1-2-16(22-9-1)7-8-19-18(20-12-13-3-4-13)21-17-11-14-5-6-15(17)10-14/h1-2,9,13-15,17H,3-8,10-12H2,(H2,19,20,21). The van der Waals surface area contributed by atoms with E-state index in [0.717, 1.165) is 49.0 Å². The van der Waals surface area contributed by atoms with Gasteiger partial charge in [0.25, 0.3) is 0 Å². The minimum Gasteiger partial charge on any atom is -0.469 e. The van der Waals surface area contributed by atoms with Gasteiger partial charge in [-0.25, -0.2) is 0 Å². The summed E-state index contributed by atoms with van der Waals surface area (Å²) >= 11 is 0. The molecule has 2 bridgehead atoms. The van der Waals surface area contributed by atoms with E-state index in [1.54, 1.807) is 6.26 Å². The largest absolute Gasteiger partial charge is 0.469 e. The van der Waals surface area contributed by atoms with Crippen molar-refractivity contribution in [3.8, 4) is 0 Å². The molecule has 4 nitrogen and oxygen atoms in total. The number of nitrogens with zero attached hydrogens (tertiary/aromatic N) is 1. The maximum absolute atomic E-state index is 5.40. The Bertz CT molecular complexity index is 506. The minimum atomic E-state index is 0.646. The van der Waals surface area contributed by atoms with Crippen LogP contribution in [0.3, 0.4) is 0 Å². The van der Waals surface area contributed by atoms with Crippen LogP contribution in [-0.2, 0) is 6.42 Å². The summed E-state index contributed by atoms with van der Waals surface area (Å²) in [5.41, 5.74) is 0. The van der Waals surface area contributed by atoms with Gasteiger partial charge in [0, 0.05) is 25.6 Å². The monoisotopic (exact) mass is 301 g/mol. The first kappa shape index (κ1) is 14.2. The molecule has 120 valence electrons. The molecule has 4 rings (SSSR count). The van der Waals surface area contributed by atoms with Gasteiger partial charge in [0.2, 0.25) is 0 Å². The van der Waals surface area contributed by atoms with Crippen molar-refractivity contribution in [3.05, 3.63) is 24.2 Å². The summed E-state index contributed by atoms with van der Waals surface area (Å²) in [6.07, 6.45) is 11.0. The minimum absolute atomic E-state index is 0.646. The van der Waals surface area contributed by atoms with Gasteiger partial charge in [-0.15, -0.1) is 0 Å². The molecule has 3 fully saturated rings. The molecule has 0 aromatic carbocycles. The van der Waals surface area contributed by atoms with Crippen LogP contribution in [0.4, 0.5) is 0 Å². The Morgan fingerprint density at radius 3 is 2.86 bits per heavy atom. The average molecular weight is 301 g/mol. The number of nitrogens with one attached hydrogen (secondary N) is 2. The van der Waals surface area contributed by atoms with Gasteiger partial charge in [0.1, 0.15) is 5.76 Å². The fourth-order valence-corrected chi connectivity index (χ4v) is 4.03. The first-order valence-electron chi connectivity index (χ1n) is 8.94. The molecular weight excluding hydrogens is 274 g/mol. The Hall–Kier alpha value is -1.45. The van der Waals surface area contributed by atoms with Crippen molar-refractivity contribution >= 4 is 5.96 Å².